The van der Waals surface area contributed by atoms with Crippen LogP contribution in [0.4, 0.5) is 11.4 Å². The number of halogens is 1. The Kier molecular flexibility index (Phi) is 4.05. The normalized spacial score (nSPS) is 10.1. The minimum absolute atomic E-state index is 0.133. The molecule has 0 aliphatic rings. The number of benzene rings is 2. The van der Waals surface area contributed by atoms with Crippen molar-refractivity contribution in [3.63, 3.8) is 0 Å². The Balaban J connectivity index is 2.25. The predicted octanol–water partition coefficient (Wildman–Crippen LogP) is 2.98. The molecule has 0 fully saturated rings. The number of nitrogens with two attached hydrogens (primary N) is 1. The van der Waals surface area contributed by atoms with Gasteiger partial charge in [0, 0.05) is 10.2 Å². The van der Waals surface area contributed by atoms with E-state index in [0.717, 1.165) is 0 Å². The Labute approximate surface area is 123 Å². The van der Waals surface area contributed by atoms with Gasteiger partial charge in [0.05, 0.1) is 16.8 Å². The van der Waals surface area contributed by atoms with Crippen molar-refractivity contribution in [3.8, 4) is 0 Å². The molecule has 2 aromatic rings. The second kappa shape index (κ2) is 5.75. The zero-order chi connectivity index (χ0) is 14.7. The summed E-state index contributed by atoms with van der Waals surface area (Å²) in [5, 5.41) is 11.5. The van der Waals surface area contributed by atoms with Gasteiger partial charge in [-0.25, -0.2) is 4.79 Å². The third-order valence-corrected chi connectivity index (χ3v) is 3.33. The van der Waals surface area contributed by atoms with E-state index in [-0.39, 0.29) is 11.5 Å². The van der Waals surface area contributed by atoms with Crippen LogP contribution in [0.5, 0.6) is 0 Å². The van der Waals surface area contributed by atoms with Gasteiger partial charge in [0.25, 0.3) is 5.91 Å². The van der Waals surface area contributed by atoms with Crippen LogP contribution in [0.15, 0.2) is 46.9 Å². The molecule has 1 amide bonds. The lowest BCUT2D eigenvalue weighted by Crippen LogP contribution is -2.14. The zero-order valence-electron chi connectivity index (χ0n) is 10.3. The second-order valence-electron chi connectivity index (χ2n) is 4.04. The first-order valence-electron chi connectivity index (χ1n) is 5.67. The third-order valence-electron chi connectivity index (χ3n) is 2.67. The van der Waals surface area contributed by atoms with E-state index in [0.29, 0.717) is 21.4 Å². The van der Waals surface area contributed by atoms with Crippen molar-refractivity contribution >= 4 is 39.2 Å². The molecule has 0 bridgehead atoms. The number of anilines is 2. The van der Waals surface area contributed by atoms with Crippen LogP contribution in [-0.4, -0.2) is 17.0 Å². The fourth-order valence-corrected chi connectivity index (χ4v) is 2.12. The SMILES string of the molecule is Nc1ccccc1C(=O)Nc1ccc(C(=O)O)cc1Br. The molecule has 0 unspecified atom stereocenters. The molecule has 102 valence electrons. The molecule has 0 aromatic heterocycles. The molecule has 20 heavy (non-hydrogen) atoms. The number of hydrogen-bond acceptors (Lipinski definition) is 3. The Morgan fingerprint density at radius 3 is 2.45 bits per heavy atom. The number of para-hydroxylation sites is 1. The van der Waals surface area contributed by atoms with Crippen LogP contribution in [0.25, 0.3) is 0 Å². The average molecular weight is 335 g/mol. The number of aromatic carboxylic acids is 1. The van der Waals surface area contributed by atoms with Crippen molar-refractivity contribution in [2.24, 2.45) is 0 Å². The molecular formula is C14H11BrN2O3. The monoisotopic (exact) mass is 334 g/mol. The Morgan fingerprint density at radius 2 is 1.85 bits per heavy atom. The highest BCUT2D eigenvalue weighted by Crippen LogP contribution is 2.25. The van der Waals surface area contributed by atoms with Gasteiger partial charge in [-0.15, -0.1) is 0 Å². The van der Waals surface area contributed by atoms with Crippen LogP contribution in [0.1, 0.15) is 20.7 Å². The highest BCUT2D eigenvalue weighted by molar-refractivity contribution is 9.10. The van der Waals surface area contributed by atoms with E-state index in [4.69, 9.17) is 10.8 Å². The summed E-state index contributed by atoms with van der Waals surface area (Å²) in [5.74, 6) is -1.39. The Hall–Kier alpha value is -2.34. The summed E-state index contributed by atoms with van der Waals surface area (Å²) >= 11 is 3.23. The number of carbonyl (C=O) groups excluding carboxylic acids is 1. The quantitative estimate of drug-likeness (QED) is 0.752. The summed E-state index contributed by atoms with van der Waals surface area (Å²) < 4.78 is 0.486. The molecular weight excluding hydrogens is 324 g/mol. The number of nitrogens with one attached hydrogen (secondary N) is 1. The number of hydrogen-bond donors (Lipinski definition) is 3. The average Bonchev–Trinajstić information content (AvgIpc) is 2.41. The van der Waals surface area contributed by atoms with Crippen molar-refractivity contribution in [3.05, 3.63) is 58.1 Å². The molecule has 0 saturated carbocycles. The molecule has 2 rings (SSSR count). The number of nitrogen functional groups attached to an aromatic ring is 1. The summed E-state index contributed by atoms with van der Waals surface area (Å²) in [6.45, 7) is 0. The molecule has 0 aliphatic heterocycles. The molecule has 0 radical (unpaired) electrons. The van der Waals surface area contributed by atoms with Crippen molar-refractivity contribution < 1.29 is 14.7 Å². The van der Waals surface area contributed by atoms with Crippen molar-refractivity contribution in [1.82, 2.24) is 0 Å². The summed E-state index contributed by atoms with van der Waals surface area (Å²) in [5.41, 5.74) is 7.08. The van der Waals surface area contributed by atoms with E-state index in [9.17, 15) is 9.59 Å². The van der Waals surface area contributed by atoms with Crippen LogP contribution in [0, 0.1) is 0 Å². The molecule has 5 nitrogen and oxygen atoms in total. The lowest BCUT2D eigenvalue weighted by Gasteiger charge is -2.09. The molecule has 2 aromatic carbocycles. The first-order chi connectivity index (χ1) is 9.49. The van der Waals surface area contributed by atoms with E-state index in [2.05, 4.69) is 21.2 Å². The Bertz CT molecular complexity index is 686. The number of carbonyl (C=O) groups is 2. The maximum Gasteiger partial charge on any atom is 0.335 e. The molecule has 0 saturated heterocycles. The largest absolute Gasteiger partial charge is 0.478 e. The summed E-state index contributed by atoms with van der Waals surface area (Å²) in [6, 6.07) is 11.1. The maximum atomic E-state index is 12.1. The van der Waals surface area contributed by atoms with Gasteiger partial charge in [-0.1, -0.05) is 12.1 Å². The van der Waals surface area contributed by atoms with Crippen molar-refractivity contribution in [2.45, 2.75) is 0 Å². The maximum absolute atomic E-state index is 12.1. The standard InChI is InChI=1S/C14H11BrN2O3/c15-10-7-8(14(19)20)5-6-12(10)17-13(18)9-3-1-2-4-11(9)16/h1-7H,16H2,(H,17,18)(H,19,20). The topological polar surface area (TPSA) is 92.4 Å². The van der Waals surface area contributed by atoms with Gasteiger partial charge in [0.1, 0.15) is 0 Å². The van der Waals surface area contributed by atoms with E-state index in [1.807, 2.05) is 0 Å². The van der Waals surface area contributed by atoms with Crippen LogP contribution >= 0.6 is 15.9 Å². The van der Waals surface area contributed by atoms with Crippen LogP contribution < -0.4 is 11.1 Å². The number of amides is 1. The third kappa shape index (κ3) is 2.97. The van der Waals surface area contributed by atoms with Crippen molar-refractivity contribution in [2.75, 3.05) is 11.1 Å². The van der Waals surface area contributed by atoms with Gasteiger partial charge in [-0.3, -0.25) is 4.79 Å². The predicted molar refractivity (Wildman–Crippen MR) is 79.9 cm³/mol. The van der Waals surface area contributed by atoms with Gasteiger partial charge in [-0.05, 0) is 46.3 Å². The van der Waals surface area contributed by atoms with Gasteiger partial charge in [0.2, 0.25) is 0 Å². The van der Waals surface area contributed by atoms with E-state index in [1.165, 1.54) is 18.2 Å². The van der Waals surface area contributed by atoms with E-state index < -0.39 is 5.97 Å². The highest BCUT2D eigenvalue weighted by atomic mass is 79.9. The van der Waals surface area contributed by atoms with Crippen LogP contribution in [0.2, 0.25) is 0 Å². The molecule has 4 N–H and O–H groups in total. The number of carboxylic acids is 1. The zero-order valence-corrected chi connectivity index (χ0v) is 11.8. The summed E-state index contributed by atoms with van der Waals surface area (Å²) in [7, 11) is 0. The fourth-order valence-electron chi connectivity index (χ4n) is 1.64. The molecule has 0 spiro atoms. The minimum Gasteiger partial charge on any atom is -0.478 e. The van der Waals surface area contributed by atoms with Gasteiger partial charge in [0.15, 0.2) is 0 Å². The van der Waals surface area contributed by atoms with Crippen LogP contribution in [-0.2, 0) is 0 Å². The van der Waals surface area contributed by atoms with Crippen molar-refractivity contribution in [1.29, 1.82) is 0 Å². The molecule has 0 heterocycles. The summed E-state index contributed by atoms with van der Waals surface area (Å²) in [6.07, 6.45) is 0. The van der Waals surface area contributed by atoms with E-state index in [1.54, 1.807) is 24.3 Å². The van der Waals surface area contributed by atoms with Crippen LogP contribution in [0.3, 0.4) is 0 Å². The van der Waals surface area contributed by atoms with Gasteiger partial charge in [-0.2, -0.15) is 0 Å². The smallest absolute Gasteiger partial charge is 0.335 e. The minimum atomic E-state index is -1.03. The Morgan fingerprint density at radius 1 is 1.15 bits per heavy atom. The lowest BCUT2D eigenvalue weighted by molar-refractivity contribution is 0.0696. The first-order valence-corrected chi connectivity index (χ1v) is 6.47. The first kappa shape index (κ1) is 14.1. The molecule has 0 aliphatic carbocycles. The fraction of sp³-hybridized carbons (Fsp3) is 0. The lowest BCUT2D eigenvalue weighted by atomic mass is 10.1. The second-order valence-corrected chi connectivity index (χ2v) is 4.90. The van der Waals surface area contributed by atoms with E-state index >= 15 is 0 Å². The number of rotatable bonds is 3. The number of carboxylic acid groups (broad SMARTS) is 1. The molecule has 6 heteroatoms. The van der Waals surface area contributed by atoms with Gasteiger partial charge >= 0.3 is 5.97 Å². The molecule has 0 atom stereocenters. The van der Waals surface area contributed by atoms with Gasteiger partial charge < -0.3 is 16.2 Å². The highest BCUT2D eigenvalue weighted by Gasteiger charge is 2.12. The summed E-state index contributed by atoms with van der Waals surface area (Å²) in [4.78, 5) is 22.9.